The molecule has 0 radical (unpaired) electrons. The van der Waals surface area contributed by atoms with Gasteiger partial charge >= 0.3 is 6.03 Å². The summed E-state index contributed by atoms with van der Waals surface area (Å²) in [7, 11) is 3.10. The van der Waals surface area contributed by atoms with E-state index in [9.17, 15) is 9.59 Å². The first-order valence-corrected chi connectivity index (χ1v) is 14.4. The van der Waals surface area contributed by atoms with E-state index < -0.39 is 6.03 Å². The molecule has 2 heterocycles. The molecule has 0 aliphatic carbocycles. The van der Waals surface area contributed by atoms with E-state index >= 15 is 0 Å². The molecule has 9 nitrogen and oxygen atoms in total. The molecule has 1 aliphatic heterocycles. The molecule has 3 N–H and O–H groups in total. The van der Waals surface area contributed by atoms with Gasteiger partial charge in [0.1, 0.15) is 11.5 Å². The highest BCUT2D eigenvalue weighted by atomic mass is 16.5. The first kappa shape index (κ1) is 29.4. The van der Waals surface area contributed by atoms with Crippen LogP contribution in [0.25, 0.3) is 0 Å². The maximum Gasteiger partial charge on any atom is 0.323 e. The second-order valence-corrected chi connectivity index (χ2v) is 10.6. The number of amides is 3. The van der Waals surface area contributed by atoms with Crippen LogP contribution in [-0.4, -0.2) is 44.2 Å². The van der Waals surface area contributed by atoms with E-state index in [4.69, 9.17) is 9.47 Å². The van der Waals surface area contributed by atoms with Crippen LogP contribution in [-0.2, 0) is 13.0 Å². The third kappa shape index (κ3) is 8.03. The molecule has 0 atom stereocenters. The number of carbonyl (C=O) groups excluding carboxylic acids is 2. The molecule has 0 spiro atoms. The number of rotatable bonds is 10. The number of hydrogen-bond donors (Lipinski definition) is 3. The lowest BCUT2D eigenvalue weighted by Gasteiger charge is -2.35. The van der Waals surface area contributed by atoms with Gasteiger partial charge < -0.3 is 30.3 Å². The molecule has 0 bridgehead atoms. The fourth-order valence-electron chi connectivity index (χ4n) is 5.35. The number of ether oxygens (including phenoxy) is 2. The Balaban J connectivity index is 1.31. The highest BCUT2D eigenvalue weighted by Crippen LogP contribution is 2.31. The molecule has 3 aromatic carbocycles. The van der Waals surface area contributed by atoms with Crippen molar-refractivity contribution in [3.8, 4) is 11.5 Å². The van der Waals surface area contributed by atoms with Crippen molar-refractivity contribution in [1.82, 2.24) is 10.3 Å². The van der Waals surface area contributed by atoms with Crippen LogP contribution in [0.5, 0.6) is 11.5 Å². The van der Waals surface area contributed by atoms with Crippen molar-refractivity contribution < 1.29 is 19.1 Å². The average molecular weight is 580 g/mol. The Bertz CT molecular complexity index is 1500. The lowest BCUT2D eigenvalue weighted by atomic mass is 9.89. The molecule has 3 amide bonds. The Morgan fingerprint density at radius 1 is 0.837 bits per heavy atom. The topological polar surface area (TPSA) is 105 Å². The second-order valence-electron chi connectivity index (χ2n) is 10.6. The Morgan fingerprint density at radius 2 is 1.53 bits per heavy atom. The number of carbonyl (C=O) groups is 2. The van der Waals surface area contributed by atoms with E-state index in [2.05, 4.69) is 50.1 Å². The molecular weight excluding hydrogens is 542 g/mol. The van der Waals surface area contributed by atoms with Gasteiger partial charge in [0.15, 0.2) is 0 Å². The summed E-state index contributed by atoms with van der Waals surface area (Å²) >= 11 is 0. The predicted molar refractivity (Wildman–Crippen MR) is 169 cm³/mol. The van der Waals surface area contributed by atoms with Crippen molar-refractivity contribution >= 4 is 29.0 Å². The highest BCUT2D eigenvalue weighted by molar-refractivity contribution is 6.04. The van der Waals surface area contributed by atoms with Gasteiger partial charge in [-0.25, -0.2) is 4.79 Å². The second kappa shape index (κ2) is 14.2. The van der Waals surface area contributed by atoms with Crippen LogP contribution in [0, 0.1) is 5.92 Å². The summed E-state index contributed by atoms with van der Waals surface area (Å²) in [5.74, 6) is 1.49. The summed E-state index contributed by atoms with van der Waals surface area (Å²) in [5, 5.41) is 8.69. The predicted octanol–water partition coefficient (Wildman–Crippen LogP) is 6.13. The fraction of sp³-hybridized carbons (Fsp3) is 0.265. The van der Waals surface area contributed by atoms with E-state index in [1.807, 2.05) is 30.3 Å². The van der Waals surface area contributed by atoms with E-state index in [1.54, 1.807) is 50.9 Å². The number of urea groups is 1. The minimum Gasteiger partial charge on any atom is -0.497 e. The number of pyridine rings is 1. The van der Waals surface area contributed by atoms with E-state index in [0.29, 0.717) is 40.9 Å². The standard InChI is InChI=1S/C34H37N5O4/c1-42-29-18-28(19-30(21-29)43-2)38-34(41)37-27-10-11-32(31(20-27)33(40)36-23-26-9-6-14-35-22-26)39-15-12-25(13-16-39)17-24-7-4-3-5-8-24/h3-11,14,18-22,25H,12-13,15-17,23H2,1-2H3,(H,36,40)(H2,37,38,41). The fourth-order valence-corrected chi connectivity index (χ4v) is 5.35. The minimum absolute atomic E-state index is 0.216. The summed E-state index contributed by atoms with van der Waals surface area (Å²) in [6, 6.07) is 24.5. The van der Waals surface area contributed by atoms with Crippen LogP contribution in [0.15, 0.2) is 91.3 Å². The Labute approximate surface area is 252 Å². The lowest BCUT2D eigenvalue weighted by Crippen LogP contribution is -2.36. The van der Waals surface area contributed by atoms with E-state index in [-0.39, 0.29) is 5.91 Å². The Hall–Kier alpha value is -5.05. The van der Waals surface area contributed by atoms with Gasteiger partial charge in [0.2, 0.25) is 0 Å². The summed E-state index contributed by atoms with van der Waals surface area (Å²) in [6.07, 6.45) is 6.57. The Morgan fingerprint density at radius 3 is 2.21 bits per heavy atom. The number of anilines is 3. The van der Waals surface area contributed by atoms with Gasteiger partial charge in [-0.1, -0.05) is 36.4 Å². The number of nitrogens with one attached hydrogen (secondary N) is 3. The normalized spacial score (nSPS) is 13.2. The first-order valence-electron chi connectivity index (χ1n) is 14.4. The third-order valence-corrected chi connectivity index (χ3v) is 7.61. The summed E-state index contributed by atoms with van der Waals surface area (Å²) in [5.41, 5.74) is 4.63. The van der Waals surface area contributed by atoms with Gasteiger partial charge in [0, 0.05) is 67.3 Å². The molecule has 0 unspecified atom stereocenters. The average Bonchev–Trinajstić information content (AvgIpc) is 3.04. The van der Waals surface area contributed by atoms with Crippen molar-refractivity contribution in [2.45, 2.75) is 25.8 Å². The third-order valence-electron chi connectivity index (χ3n) is 7.61. The van der Waals surface area contributed by atoms with Crippen LogP contribution in [0.3, 0.4) is 0 Å². The van der Waals surface area contributed by atoms with Gasteiger partial charge in [-0.3, -0.25) is 9.78 Å². The van der Waals surface area contributed by atoms with E-state index in [0.717, 1.165) is 43.6 Å². The van der Waals surface area contributed by atoms with Crippen molar-refractivity contribution in [2.75, 3.05) is 42.8 Å². The molecule has 222 valence electrons. The highest BCUT2D eigenvalue weighted by Gasteiger charge is 2.24. The largest absolute Gasteiger partial charge is 0.497 e. The van der Waals surface area contributed by atoms with Crippen LogP contribution >= 0.6 is 0 Å². The molecule has 9 heteroatoms. The van der Waals surface area contributed by atoms with Crippen LogP contribution in [0.2, 0.25) is 0 Å². The molecule has 5 rings (SSSR count). The summed E-state index contributed by atoms with van der Waals surface area (Å²) in [6.45, 7) is 2.05. The zero-order chi connectivity index (χ0) is 30.0. The lowest BCUT2D eigenvalue weighted by molar-refractivity contribution is 0.0951. The van der Waals surface area contributed by atoms with Gasteiger partial charge in [-0.2, -0.15) is 0 Å². The molecule has 0 saturated carbocycles. The van der Waals surface area contributed by atoms with Gasteiger partial charge in [-0.05, 0) is 60.6 Å². The van der Waals surface area contributed by atoms with E-state index in [1.165, 1.54) is 5.56 Å². The maximum absolute atomic E-state index is 13.5. The monoisotopic (exact) mass is 579 g/mol. The van der Waals surface area contributed by atoms with Crippen molar-refractivity contribution in [1.29, 1.82) is 0 Å². The van der Waals surface area contributed by atoms with Crippen molar-refractivity contribution in [2.24, 2.45) is 5.92 Å². The van der Waals surface area contributed by atoms with Crippen LogP contribution < -0.4 is 30.3 Å². The number of hydrogen-bond acceptors (Lipinski definition) is 6. The number of piperidine rings is 1. The molecule has 1 saturated heterocycles. The minimum atomic E-state index is -0.452. The Kier molecular flexibility index (Phi) is 9.74. The molecule has 4 aromatic rings. The quantitative estimate of drug-likeness (QED) is 0.209. The number of nitrogens with zero attached hydrogens (tertiary/aromatic N) is 2. The molecular formula is C34H37N5O4. The number of benzene rings is 3. The SMILES string of the molecule is COc1cc(NC(=O)Nc2ccc(N3CCC(Cc4ccccc4)CC3)c(C(=O)NCc3cccnc3)c2)cc(OC)c1. The molecule has 1 aliphatic rings. The van der Waals surface area contributed by atoms with Gasteiger partial charge in [0.25, 0.3) is 5.91 Å². The first-order chi connectivity index (χ1) is 21.0. The van der Waals surface area contributed by atoms with Crippen LogP contribution in [0.4, 0.5) is 21.9 Å². The van der Waals surface area contributed by atoms with Gasteiger partial charge in [0.05, 0.1) is 19.8 Å². The number of methoxy groups -OCH3 is 2. The summed E-state index contributed by atoms with van der Waals surface area (Å²) in [4.78, 5) is 32.9. The zero-order valence-electron chi connectivity index (χ0n) is 24.5. The smallest absolute Gasteiger partial charge is 0.323 e. The number of aromatic nitrogens is 1. The zero-order valence-corrected chi connectivity index (χ0v) is 24.5. The van der Waals surface area contributed by atoms with Crippen LogP contribution in [0.1, 0.15) is 34.3 Å². The van der Waals surface area contributed by atoms with Crippen molar-refractivity contribution in [3.63, 3.8) is 0 Å². The van der Waals surface area contributed by atoms with Crippen molar-refractivity contribution in [3.05, 3.63) is 108 Å². The maximum atomic E-state index is 13.5. The molecule has 1 fully saturated rings. The molecule has 43 heavy (non-hydrogen) atoms. The molecule has 1 aromatic heterocycles. The van der Waals surface area contributed by atoms with Gasteiger partial charge in [-0.15, -0.1) is 0 Å². The summed E-state index contributed by atoms with van der Waals surface area (Å²) < 4.78 is 10.6.